The second-order valence-corrected chi connectivity index (χ2v) is 6.23. The summed E-state index contributed by atoms with van der Waals surface area (Å²) in [6.45, 7) is 3.96. The van der Waals surface area contributed by atoms with Crippen LogP contribution in [0.2, 0.25) is 0 Å². The highest BCUT2D eigenvalue weighted by atomic mass is 16.5. The number of rotatable bonds is 7. The number of nitrogens with one attached hydrogen (secondary N) is 2. The van der Waals surface area contributed by atoms with Gasteiger partial charge in [0.25, 0.3) is 5.91 Å². The molecule has 0 saturated carbocycles. The fraction of sp³-hybridized carbons (Fsp3) is 0.182. The second kappa shape index (κ2) is 9.45. The van der Waals surface area contributed by atoms with Crippen molar-refractivity contribution in [3.8, 4) is 17.0 Å². The lowest BCUT2D eigenvalue weighted by atomic mass is 10.1. The number of aromatic nitrogens is 2. The Morgan fingerprint density at radius 1 is 1.07 bits per heavy atom. The number of amides is 2. The fourth-order valence-electron chi connectivity index (χ4n) is 2.77. The summed E-state index contributed by atoms with van der Waals surface area (Å²) in [5.74, 6) is 0.463. The van der Waals surface area contributed by atoms with E-state index in [1.807, 2.05) is 38.1 Å². The van der Waals surface area contributed by atoms with Gasteiger partial charge in [-0.15, -0.1) is 0 Å². The van der Waals surface area contributed by atoms with E-state index in [9.17, 15) is 9.59 Å². The van der Waals surface area contributed by atoms with Gasteiger partial charge in [0, 0.05) is 17.4 Å². The molecule has 0 aliphatic heterocycles. The number of hydrogen-bond acceptors (Lipinski definition) is 5. The maximum atomic E-state index is 12.4. The molecule has 1 heterocycles. The van der Waals surface area contributed by atoms with Crippen LogP contribution in [0, 0.1) is 6.92 Å². The van der Waals surface area contributed by atoms with Crippen molar-refractivity contribution in [1.29, 1.82) is 0 Å². The van der Waals surface area contributed by atoms with Crippen LogP contribution < -0.4 is 15.4 Å². The van der Waals surface area contributed by atoms with Crippen LogP contribution in [0.15, 0.2) is 60.8 Å². The number of para-hydroxylation sites is 1. The van der Waals surface area contributed by atoms with E-state index in [4.69, 9.17) is 4.74 Å². The minimum atomic E-state index is -0.366. The largest absolute Gasteiger partial charge is 0.493 e. The predicted octanol–water partition coefficient (Wildman–Crippen LogP) is 3.22. The normalized spacial score (nSPS) is 10.3. The highest BCUT2D eigenvalue weighted by Gasteiger charge is 2.13. The molecule has 1 aromatic heterocycles. The first-order valence-electron chi connectivity index (χ1n) is 9.27. The molecule has 2 amide bonds. The average Bonchev–Trinajstić information content (AvgIpc) is 2.73. The zero-order chi connectivity index (χ0) is 20.6. The van der Waals surface area contributed by atoms with E-state index in [0.29, 0.717) is 29.4 Å². The first kappa shape index (κ1) is 20.0. The van der Waals surface area contributed by atoms with Gasteiger partial charge in [0.2, 0.25) is 5.91 Å². The molecule has 0 atom stereocenters. The van der Waals surface area contributed by atoms with Crippen molar-refractivity contribution in [2.75, 3.05) is 18.5 Å². The molecule has 0 aliphatic rings. The Morgan fingerprint density at radius 2 is 1.90 bits per heavy atom. The van der Waals surface area contributed by atoms with E-state index in [-0.39, 0.29) is 18.4 Å². The number of benzene rings is 2. The first-order valence-corrected chi connectivity index (χ1v) is 9.27. The van der Waals surface area contributed by atoms with Crippen molar-refractivity contribution < 1.29 is 14.3 Å². The molecule has 2 N–H and O–H groups in total. The summed E-state index contributed by atoms with van der Waals surface area (Å²) in [6, 6.07) is 16.1. The quantitative estimate of drug-likeness (QED) is 0.646. The van der Waals surface area contributed by atoms with Crippen molar-refractivity contribution in [2.24, 2.45) is 0 Å². The van der Waals surface area contributed by atoms with E-state index in [1.54, 1.807) is 36.5 Å². The van der Waals surface area contributed by atoms with Gasteiger partial charge in [-0.1, -0.05) is 24.3 Å². The molecule has 0 unspecified atom stereocenters. The maximum Gasteiger partial charge on any atom is 0.255 e. The molecule has 0 fully saturated rings. The summed E-state index contributed by atoms with van der Waals surface area (Å²) < 4.78 is 5.45. The molecule has 7 nitrogen and oxygen atoms in total. The van der Waals surface area contributed by atoms with Crippen molar-refractivity contribution in [3.63, 3.8) is 0 Å². The van der Waals surface area contributed by atoms with E-state index in [0.717, 1.165) is 11.3 Å². The number of aryl methyl sites for hydroxylation is 1. The van der Waals surface area contributed by atoms with Gasteiger partial charge in [-0.2, -0.15) is 0 Å². The second-order valence-electron chi connectivity index (χ2n) is 6.23. The molecular weight excluding hydrogens is 368 g/mol. The smallest absolute Gasteiger partial charge is 0.255 e. The van der Waals surface area contributed by atoms with Gasteiger partial charge < -0.3 is 15.4 Å². The summed E-state index contributed by atoms with van der Waals surface area (Å²) in [6.07, 6.45) is 1.69. The first-order chi connectivity index (χ1) is 14.1. The van der Waals surface area contributed by atoms with Crippen LogP contribution in [0.1, 0.15) is 23.1 Å². The van der Waals surface area contributed by atoms with Crippen LogP contribution in [0.3, 0.4) is 0 Å². The number of carbonyl (C=O) groups excluding carboxylic acids is 2. The maximum absolute atomic E-state index is 12.4. The number of carbonyl (C=O) groups is 2. The Morgan fingerprint density at radius 3 is 2.69 bits per heavy atom. The van der Waals surface area contributed by atoms with Crippen molar-refractivity contribution in [2.45, 2.75) is 13.8 Å². The number of ether oxygens (including phenoxy) is 1. The molecule has 0 bridgehead atoms. The molecule has 7 heteroatoms. The third-order valence-electron chi connectivity index (χ3n) is 4.06. The SMILES string of the molecule is CCOc1ccccc1C(=O)NCC(=O)Nc1cccc(-c2ccnc(C)n2)c1. The van der Waals surface area contributed by atoms with E-state index < -0.39 is 0 Å². The zero-order valence-electron chi connectivity index (χ0n) is 16.3. The van der Waals surface area contributed by atoms with Gasteiger partial charge >= 0.3 is 0 Å². The van der Waals surface area contributed by atoms with Crippen LogP contribution in [0.25, 0.3) is 11.3 Å². The third-order valence-corrected chi connectivity index (χ3v) is 4.06. The Balaban J connectivity index is 1.61. The molecule has 0 saturated heterocycles. The highest BCUT2D eigenvalue weighted by molar-refractivity contribution is 6.01. The summed E-state index contributed by atoms with van der Waals surface area (Å²) >= 11 is 0. The third kappa shape index (κ3) is 5.38. The molecule has 3 rings (SSSR count). The lowest BCUT2D eigenvalue weighted by Gasteiger charge is -2.11. The molecule has 2 aromatic carbocycles. The summed E-state index contributed by atoms with van der Waals surface area (Å²) in [5.41, 5.74) is 2.65. The van der Waals surface area contributed by atoms with Crippen LogP contribution in [-0.4, -0.2) is 34.9 Å². The Hall–Kier alpha value is -3.74. The predicted molar refractivity (Wildman–Crippen MR) is 111 cm³/mol. The zero-order valence-corrected chi connectivity index (χ0v) is 16.3. The lowest BCUT2D eigenvalue weighted by Crippen LogP contribution is -2.33. The average molecular weight is 390 g/mol. The molecule has 29 heavy (non-hydrogen) atoms. The van der Waals surface area contributed by atoms with Crippen LogP contribution in [0.4, 0.5) is 5.69 Å². The molecule has 0 aliphatic carbocycles. The van der Waals surface area contributed by atoms with Gasteiger partial charge in [0.15, 0.2) is 0 Å². The van der Waals surface area contributed by atoms with Crippen LogP contribution >= 0.6 is 0 Å². The van der Waals surface area contributed by atoms with Crippen LogP contribution in [0.5, 0.6) is 5.75 Å². The van der Waals surface area contributed by atoms with Gasteiger partial charge in [-0.25, -0.2) is 9.97 Å². The van der Waals surface area contributed by atoms with E-state index in [1.165, 1.54) is 0 Å². The van der Waals surface area contributed by atoms with Crippen LogP contribution in [-0.2, 0) is 4.79 Å². The summed E-state index contributed by atoms with van der Waals surface area (Å²) in [7, 11) is 0. The minimum absolute atomic E-state index is 0.157. The minimum Gasteiger partial charge on any atom is -0.493 e. The van der Waals surface area contributed by atoms with Gasteiger partial charge in [0.05, 0.1) is 24.4 Å². The highest BCUT2D eigenvalue weighted by Crippen LogP contribution is 2.21. The van der Waals surface area contributed by atoms with Gasteiger partial charge in [-0.05, 0) is 44.2 Å². The van der Waals surface area contributed by atoms with Crippen molar-refractivity contribution >= 4 is 17.5 Å². The van der Waals surface area contributed by atoms with Gasteiger partial charge in [0.1, 0.15) is 11.6 Å². The van der Waals surface area contributed by atoms with Gasteiger partial charge in [-0.3, -0.25) is 9.59 Å². The van der Waals surface area contributed by atoms with E-state index >= 15 is 0 Å². The summed E-state index contributed by atoms with van der Waals surface area (Å²) in [5, 5.41) is 5.40. The van der Waals surface area contributed by atoms with E-state index in [2.05, 4.69) is 20.6 Å². The molecule has 3 aromatic rings. The number of anilines is 1. The van der Waals surface area contributed by atoms with Crippen molar-refractivity contribution in [3.05, 3.63) is 72.2 Å². The Bertz CT molecular complexity index is 1020. The van der Waals surface area contributed by atoms with Crippen molar-refractivity contribution in [1.82, 2.24) is 15.3 Å². The topological polar surface area (TPSA) is 93.2 Å². The standard InChI is InChI=1S/C22H22N4O3/c1-3-29-20-10-5-4-9-18(20)22(28)24-14-21(27)26-17-8-6-7-16(13-17)19-11-12-23-15(2)25-19/h4-13H,3,14H2,1-2H3,(H,24,28)(H,26,27). The molecular formula is C22H22N4O3. The molecule has 0 spiro atoms. The lowest BCUT2D eigenvalue weighted by molar-refractivity contribution is -0.115. The summed E-state index contributed by atoms with van der Waals surface area (Å²) in [4.78, 5) is 33.1. The Kier molecular flexibility index (Phi) is 6.52. The molecule has 0 radical (unpaired) electrons. The monoisotopic (exact) mass is 390 g/mol. The Labute approximate surface area is 169 Å². The fourth-order valence-corrected chi connectivity index (χ4v) is 2.77. The number of nitrogens with zero attached hydrogens (tertiary/aromatic N) is 2. The molecule has 148 valence electrons. The number of hydrogen-bond donors (Lipinski definition) is 2.